The van der Waals surface area contributed by atoms with Crippen LogP contribution in [0.3, 0.4) is 0 Å². The molecule has 2 aromatic rings. The largest absolute Gasteiger partial charge is 0.586 e. The molecule has 5 heteroatoms. The van der Waals surface area contributed by atoms with E-state index in [-0.39, 0.29) is 11.5 Å². The molecule has 0 saturated heterocycles. The number of nitrogens with one attached hydrogen (secondary N) is 1. The molecule has 0 amide bonds. The predicted octanol–water partition coefficient (Wildman–Crippen LogP) is 4.05. The summed E-state index contributed by atoms with van der Waals surface area (Å²) in [4.78, 5) is 0. The van der Waals surface area contributed by atoms with Crippen molar-refractivity contribution in [3.63, 3.8) is 0 Å². The van der Waals surface area contributed by atoms with Gasteiger partial charge in [-0.1, -0.05) is 30.3 Å². The van der Waals surface area contributed by atoms with E-state index in [2.05, 4.69) is 26.9 Å². The molecule has 1 aliphatic heterocycles. The Labute approximate surface area is 121 Å². The molecule has 0 spiro atoms. The Hall–Kier alpha value is -2.30. The molecular weight excluding hydrogens is 276 g/mol. The molecule has 110 valence electrons. The fourth-order valence-corrected chi connectivity index (χ4v) is 2.23. The second-order valence-corrected chi connectivity index (χ2v) is 4.84. The zero-order valence-electron chi connectivity index (χ0n) is 11.3. The highest BCUT2D eigenvalue weighted by atomic mass is 19.3. The van der Waals surface area contributed by atoms with Crippen LogP contribution in [0.2, 0.25) is 0 Å². The topological polar surface area (TPSA) is 30.5 Å². The maximum atomic E-state index is 12.9. The zero-order chi connectivity index (χ0) is 14.7. The quantitative estimate of drug-likeness (QED) is 0.843. The van der Waals surface area contributed by atoms with E-state index in [4.69, 9.17) is 0 Å². The highest BCUT2D eigenvalue weighted by Crippen LogP contribution is 2.42. The summed E-state index contributed by atoms with van der Waals surface area (Å²) in [5, 5.41) is 3.19. The van der Waals surface area contributed by atoms with Crippen LogP contribution in [-0.2, 0) is 6.42 Å². The minimum absolute atomic E-state index is 0.0630. The molecular formula is C16H15F2NO2. The summed E-state index contributed by atoms with van der Waals surface area (Å²) in [7, 11) is 0. The molecule has 21 heavy (non-hydrogen) atoms. The molecule has 0 atom stereocenters. The van der Waals surface area contributed by atoms with Crippen LogP contribution >= 0.6 is 0 Å². The number of fused-ring (bicyclic) bond motifs is 1. The number of aryl methyl sites for hydroxylation is 1. The fourth-order valence-electron chi connectivity index (χ4n) is 2.23. The van der Waals surface area contributed by atoms with Gasteiger partial charge in [0, 0.05) is 18.3 Å². The smallest absolute Gasteiger partial charge is 0.395 e. The predicted molar refractivity (Wildman–Crippen MR) is 75.9 cm³/mol. The van der Waals surface area contributed by atoms with E-state index in [1.54, 1.807) is 6.07 Å². The normalized spacial score (nSPS) is 15.0. The van der Waals surface area contributed by atoms with Crippen LogP contribution in [0.1, 0.15) is 12.0 Å². The molecule has 3 nitrogen and oxygen atoms in total. The first-order chi connectivity index (χ1) is 10.1. The molecule has 0 radical (unpaired) electrons. The molecule has 1 N–H and O–H groups in total. The van der Waals surface area contributed by atoms with E-state index < -0.39 is 6.29 Å². The van der Waals surface area contributed by atoms with Crippen molar-refractivity contribution < 1.29 is 18.3 Å². The van der Waals surface area contributed by atoms with E-state index in [1.807, 2.05) is 18.2 Å². The summed E-state index contributed by atoms with van der Waals surface area (Å²) in [6, 6.07) is 14.9. The molecule has 0 fully saturated rings. The molecule has 3 rings (SSSR count). The van der Waals surface area contributed by atoms with Gasteiger partial charge < -0.3 is 14.8 Å². The van der Waals surface area contributed by atoms with Crippen LogP contribution in [0.4, 0.5) is 14.5 Å². The summed E-state index contributed by atoms with van der Waals surface area (Å²) < 4.78 is 34.6. The van der Waals surface area contributed by atoms with E-state index in [9.17, 15) is 8.78 Å². The first-order valence-electron chi connectivity index (χ1n) is 6.80. The third kappa shape index (κ3) is 3.42. The third-order valence-electron chi connectivity index (χ3n) is 3.22. The summed E-state index contributed by atoms with van der Waals surface area (Å²) in [5.41, 5.74) is 2.02. The zero-order valence-corrected chi connectivity index (χ0v) is 11.3. The summed E-state index contributed by atoms with van der Waals surface area (Å²) in [6.45, 7) is 0.755. The number of anilines is 1. The summed E-state index contributed by atoms with van der Waals surface area (Å²) in [5.74, 6) is 0.128. The van der Waals surface area contributed by atoms with Crippen molar-refractivity contribution in [3.8, 4) is 11.5 Å². The van der Waals surface area contributed by atoms with Gasteiger partial charge >= 0.3 is 6.29 Å². The van der Waals surface area contributed by atoms with E-state index in [0.717, 1.165) is 25.1 Å². The van der Waals surface area contributed by atoms with Gasteiger partial charge in [0.2, 0.25) is 0 Å². The second-order valence-electron chi connectivity index (χ2n) is 4.84. The third-order valence-corrected chi connectivity index (χ3v) is 3.22. The minimum atomic E-state index is -3.56. The number of rotatable bonds is 5. The van der Waals surface area contributed by atoms with Gasteiger partial charge in [-0.2, -0.15) is 0 Å². The first kappa shape index (κ1) is 13.7. The lowest BCUT2D eigenvalue weighted by Gasteiger charge is -2.07. The van der Waals surface area contributed by atoms with Gasteiger partial charge in [0.15, 0.2) is 11.5 Å². The molecule has 0 aliphatic carbocycles. The highest BCUT2D eigenvalue weighted by Gasteiger charge is 2.43. The van der Waals surface area contributed by atoms with Gasteiger partial charge in [-0.15, -0.1) is 8.78 Å². The minimum Gasteiger partial charge on any atom is -0.395 e. The van der Waals surface area contributed by atoms with Crippen molar-refractivity contribution in [2.24, 2.45) is 0 Å². The number of benzene rings is 2. The second kappa shape index (κ2) is 5.60. The first-order valence-corrected chi connectivity index (χ1v) is 6.80. The van der Waals surface area contributed by atoms with E-state index in [0.29, 0.717) is 0 Å². The Morgan fingerprint density at radius 1 is 0.952 bits per heavy atom. The van der Waals surface area contributed by atoms with Gasteiger partial charge in [-0.3, -0.25) is 0 Å². The molecule has 2 aromatic carbocycles. The lowest BCUT2D eigenvalue weighted by atomic mass is 10.1. The van der Waals surface area contributed by atoms with Crippen LogP contribution < -0.4 is 14.8 Å². The molecule has 0 aromatic heterocycles. The van der Waals surface area contributed by atoms with Crippen LogP contribution in [-0.4, -0.2) is 12.8 Å². The summed E-state index contributed by atoms with van der Waals surface area (Å²) in [6.07, 6.45) is -1.64. The molecule has 0 unspecified atom stereocenters. The monoisotopic (exact) mass is 291 g/mol. The van der Waals surface area contributed by atoms with Gasteiger partial charge in [0.25, 0.3) is 0 Å². The van der Waals surface area contributed by atoms with Crippen molar-refractivity contribution in [2.45, 2.75) is 19.1 Å². The average molecular weight is 291 g/mol. The standard InChI is InChI=1S/C16H15F2NO2/c17-16(18)20-14-9-8-13(11-15(14)21-16)19-10-4-7-12-5-2-1-3-6-12/h1-3,5-6,8-9,11,19H,4,7,10H2. The van der Waals surface area contributed by atoms with Gasteiger partial charge in [0.1, 0.15) is 0 Å². The van der Waals surface area contributed by atoms with Crippen molar-refractivity contribution in [3.05, 3.63) is 54.1 Å². The Kier molecular flexibility index (Phi) is 3.64. The van der Waals surface area contributed by atoms with Crippen LogP contribution in [0.25, 0.3) is 0 Å². The number of halogens is 2. The highest BCUT2D eigenvalue weighted by molar-refractivity contribution is 5.55. The van der Waals surface area contributed by atoms with E-state index in [1.165, 1.54) is 17.7 Å². The number of alkyl halides is 2. The van der Waals surface area contributed by atoms with Crippen LogP contribution in [0.5, 0.6) is 11.5 Å². The SMILES string of the molecule is FC1(F)Oc2ccc(NCCCc3ccccc3)cc2O1. The van der Waals surface area contributed by atoms with E-state index >= 15 is 0 Å². The van der Waals surface area contributed by atoms with Crippen molar-refractivity contribution in [1.29, 1.82) is 0 Å². The van der Waals surface area contributed by atoms with Gasteiger partial charge in [0.05, 0.1) is 0 Å². The molecule has 0 bridgehead atoms. The number of ether oxygens (including phenoxy) is 2. The fraction of sp³-hybridized carbons (Fsp3) is 0.250. The van der Waals surface area contributed by atoms with Gasteiger partial charge in [-0.25, -0.2) is 0 Å². The Bertz CT molecular complexity index is 617. The maximum Gasteiger partial charge on any atom is 0.586 e. The van der Waals surface area contributed by atoms with Gasteiger partial charge in [-0.05, 0) is 30.5 Å². The maximum absolute atomic E-state index is 12.9. The molecule has 0 saturated carbocycles. The van der Waals surface area contributed by atoms with Crippen molar-refractivity contribution in [1.82, 2.24) is 0 Å². The van der Waals surface area contributed by atoms with Crippen molar-refractivity contribution in [2.75, 3.05) is 11.9 Å². The lowest BCUT2D eigenvalue weighted by Crippen LogP contribution is -2.25. The summed E-state index contributed by atoms with van der Waals surface area (Å²) >= 11 is 0. The number of hydrogen-bond acceptors (Lipinski definition) is 3. The van der Waals surface area contributed by atoms with Crippen LogP contribution in [0, 0.1) is 0 Å². The Morgan fingerprint density at radius 2 is 1.71 bits per heavy atom. The number of hydrogen-bond donors (Lipinski definition) is 1. The van der Waals surface area contributed by atoms with Crippen molar-refractivity contribution >= 4 is 5.69 Å². The lowest BCUT2D eigenvalue weighted by molar-refractivity contribution is -0.286. The average Bonchev–Trinajstić information content (AvgIpc) is 2.78. The Balaban J connectivity index is 1.51. The molecule has 1 aliphatic rings. The van der Waals surface area contributed by atoms with Crippen LogP contribution in [0.15, 0.2) is 48.5 Å². The Morgan fingerprint density at radius 3 is 2.52 bits per heavy atom. The molecule has 1 heterocycles.